The monoisotopic (exact) mass is 500 g/mol. The van der Waals surface area contributed by atoms with Crippen LogP contribution >= 0.6 is 35.4 Å². The third-order valence-corrected chi connectivity index (χ3v) is 5.80. The van der Waals surface area contributed by atoms with E-state index in [1.54, 1.807) is 66.4 Å². The molecule has 0 radical (unpaired) electrons. The minimum atomic E-state index is -0.410. The van der Waals surface area contributed by atoms with E-state index >= 15 is 0 Å². The summed E-state index contributed by atoms with van der Waals surface area (Å²) in [6, 6.07) is 19.2. The summed E-state index contributed by atoms with van der Waals surface area (Å²) < 4.78 is 5.05. The summed E-state index contributed by atoms with van der Waals surface area (Å²) in [6.07, 6.45) is 0. The van der Waals surface area contributed by atoms with E-state index in [4.69, 9.17) is 40.2 Å². The lowest BCUT2D eigenvalue weighted by atomic mass is 10.1. The Balaban J connectivity index is 1.91. The first kappa shape index (κ1) is 24.7. The van der Waals surface area contributed by atoms with Gasteiger partial charge >= 0.3 is 5.97 Å². The van der Waals surface area contributed by atoms with Gasteiger partial charge in [0.15, 0.2) is 5.11 Å². The number of benzene rings is 3. The number of carbonyl (C=O) groups excluding carboxylic acids is 2. The van der Waals surface area contributed by atoms with Gasteiger partial charge in [-0.3, -0.25) is 10.1 Å². The molecule has 3 rings (SSSR count). The molecule has 0 saturated heterocycles. The van der Waals surface area contributed by atoms with Gasteiger partial charge in [0.2, 0.25) is 0 Å². The van der Waals surface area contributed by atoms with Crippen LogP contribution in [-0.2, 0) is 11.3 Å². The van der Waals surface area contributed by atoms with Crippen LogP contribution in [0.15, 0.2) is 66.7 Å². The summed E-state index contributed by atoms with van der Waals surface area (Å²) in [4.78, 5) is 26.6. The number of nitrogens with zero attached hydrogens (tertiary/aromatic N) is 1. The molecule has 0 spiro atoms. The average Bonchev–Trinajstić information content (AvgIpc) is 2.79. The van der Waals surface area contributed by atoms with Gasteiger partial charge in [-0.15, -0.1) is 0 Å². The van der Waals surface area contributed by atoms with Crippen LogP contribution in [0.5, 0.6) is 0 Å². The maximum absolute atomic E-state index is 12.9. The smallest absolute Gasteiger partial charge is 0.338 e. The molecule has 3 aromatic carbocycles. The maximum atomic E-state index is 12.9. The van der Waals surface area contributed by atoms with Gasteiger partial charge in [0.05, 0.1) is 18.7 Å². The van der Waals surface area contributed by atoms with Gasteiger partial charge in [-0.1, -0.05) is 47.5 Å². The Kier molecular flexibility index (Phi) is 8.44. The molecule has 0 atom stereocenters. The van der Waals surface area contributed by atoms with E-state index < -0.39 is 5.97 Å². The Bertz CT molecular complexity index is 1180. The second-order valence-electron chi connectivity index (χ2n) is 7.16. The van der Waals surface area contributed by atoms with Crippen LogP contribution in [0, 0.1) is 6.92 Å². The standard InChI is InChI=1S/C25H22Cl2N2O3S/c1-3-32-24(31)17-9-12-20(13-10-17)29(15-18-8-11-19(26)14-22(18)27)25(33)28-23(30)21-7-5-4-6-16(21)2/h4-14H,3,15H2,1-2H3,(H,28,30,33). The number of amides is 1. The molecule has 33 heavy (non-hydrogen) atoms. The first-order valence-corrected chi connectivity index (χ1v) is 11.4. The van der Waals surface area contributed by atoms with Gasteiger partial charge in [0.1, 0.15) is 0 Å². The number of esters is 1. The fraction of sp³-hybridized carbons (Fsp3) is 0.160. The van der Waals surface area contributed by atoms with Crippen molar-refractivity contribution < 1.29 is 14.3 Å². The van der Waals surface area contributed by atoms with Gasteiger partial charge < -0.3 is 9.64 Å². The summed E-state index contributed by atoms with van der Waals surface area (Å²) in [5.41, 5.74) is 3.22. The average molecular weight is 501 g/mol. The molecule has 1 N–H and O–H groups in total. The summed E-state index contributed by atoms with van der Waals surface area (Å²) >= 11 is 18.0. The van der Waals surface area contributed by atoms with Gasteiger partial charge in [0, 0.05) is 21.3 Å². The molecule has 3 aromatic rings. The highest BCUT2D eigenvalue weighted by atomic mass is 35.5. The summed E-state index contributed by atoms with van der Waals surface area (Å²) in [5.74, 6) is -0.722. The molecular weight excluding hydrogens is 479 g/mol. The van der Waals surface area contributed by atoms with Crippen LogP contribution in [0.4, 0.5) is 5.69 Å². The van der Waals surface area contributed by atoms with Crippen LogP contribution in [0.3, 0.4) is 0 Å². The van der Waals surface area contributed by atoms with Crippen molar-refractivity contribution in [3.05, 3.63) is 99.0 Å². The summed E-state index contributed by atoms with van der Waals surface area (Å²) in [7, 11) is 0. The van der Waals surface area contributed by atoms with Crippen molar-refractivity contribution in [3.8, 4) is 0 Å². The second-order valence-corrected chi connectivity index (χ2v) is 8.39. The Morgan fingerprint density at radius 3 is 2.36 bits per heavy atom. The number of aryl methyl sites for hydroxylation is 1. The minimum Gasteiger partial charge on any atom is -0.462 e. The third kappa shape index (κ3) is 6.32. The molecule has 0 fully saturated rings. The van der Waals surface area contributed by atoms with E-state index in [1.807, 2.05) is 19.1 Å². The molecule has 170 valence electrons. The van der Waals surface area contributed by atoms with Gasteiger partial charge in [0.25, 0.3) is 5.91 Å². The number of carbonyl (C=O) groups is 2. The van der Waals surface area contributed by atoms with E-state index in [0.29, 0.717) is 26.9 Å². The molecule has 0 aromatic heterocycles. The molecule has 8 heteroatoms. The SMILES string of the molecule is CCOC(=O)c1ccc(N(Cc2ccc(Cl)cc2Cl)C(=S)NC(=O)c2ccccc2C)cc1. The van der Waals surface area contributed by atoms with Crippen molar-refractivity contribution >= 4 is 58.1 Å². The normalized spacial score (nSPS) is 10.4. The lowest BCUT2D eigenvalue weighted by Gasteiger charge is -2.26. The highest BCUT2D eigenvalue weighted by Gasteiger charge is 2.19. The summed E-state index contributed by atoms with van der Waals surface area (Å²) in [5, 5.41) is 3.99. The summed E-state index contributed by atoms with van der Waals surface area (Å²) in [6.45, 7) is 4.18. The number of hydrogen-bond acceptors (Lipinski definition) is 4. The third-order valence-electron chi connectivity index (χ3n) is 4.89. The molecule has 0 aliphatic rings. The van der Waals surface area contributed by atoms with Crippen molar-refractivity contribution in [1.82, 2.24) is 5.32 Å². The van der Waals surface area contributed by atoms with E-state index in [1.165, 1.54) is 0 Å². The topological polar surface area (TPSA) is 58.6 Å². The minimum absolute atomic E-state index is 0.193. The fourth-order valence-corrected chi connectivity index (χ4v) is 3.88. The van der Waals surface area contributed by atoms with E-state index in [9.17, 15) is 9.59 Å². The van der Waals surface area contributed by atoms with Gasteiger partial charge in [-0.05, 0) is 79.7 Å². The number of nitrogens with one attached hydrogen (secondary N) is 1. The van der Waals surface area contributed by atoms with Crippen LogP contribution < -0.4 is 10.2 Å². The lowest BCUT2D eigenvalue weighted by Crippen LogP contribution is -2.42. The molecule has 0 aliphatic carbocycles. The largest absolute Gasteiger partial charge is 0.462 e. The van der Waals surface area contributed by atoms with E-state index in [0.717, 1.165) is 11.1 Å². The predicted molar refractivity (Wildman–Crippen MR) is 136 cm³/mol. The lowest BCUT2D eigenvalue weighted by molar-refractivity contribution is 0.0526. The van der Waals surface area contributed by atoms with Crippen LogP contribution in [-0.4, -0.2) is 23.6 Å². The van der Waals surface area contributed by atoms with E-state index in [-0.39, 0.29) is 24.2 Å². The number of rotatable bonds is 6. The highest BCUT2D eigenvalue weighted by Crippen LogP contribution is 2.25. The predicted octanol–water partition coefficient (Wildman–Crippen LogP) is 6.20. The first-order chi connectivity index (χ1) is 15.8. The van der Waals surface area contributed by atoms with Crippen molar-refractivity contribution in [2.24, 2.45) is 0 Å². The maximum Gasteiger partial charge on any atom is 0.338 e. The van der Waals surface area contributed by atoms with Gasteiger partial charge in [-0.25, -0.2) is 4.79 Å². The molecule has 0 bridgehead atoms. The zero-order valence-corrected chi connectivity index (χ0v) is 20.4. The fourth-order valence-electron chi connectivity index (χ4n) is 3.15. The highest BCUT2D eigenvalue weighted by molar-refractivity contribution is 7.80. The van der Waals surface area contributed by atoms with E-state index in [2.05, 4.69) is 5.32 Å². The zero-order chi connectivity index (χ0) is 24.0. The number of ether oxygens (including phenoxy) is 1. The number of thiocarbonyl (C=S) groups is 1. The van der Waals surface area contributed by atoms with Crippen molar-refractivity contribution in [2.75, 3.05) is 11.5 Å². The molecule has 0 aliphatic heterocycles. The number of anilines is 1. The molecule has 0 unspecified atom stereocenters. The van der Waals surface area contributed by atoms with Crippen molar-refractivity contribution in [3.63, 3.8) is 0 Å². The second kappa shape index (κ2) is 11.3. The Hall–Kier alpha value is -2.93. The zero-order valence-electron chi connectivity index (χ0n) is 18.1. The molecular formula is C25H22Cl2N2O3S. The molecule has 5 nitrogen and oxygen atoms in total. The van der Waals surface area contributed by atoms with Crippen molar-refractivity contribution in [1.29, 1.82) is 0 Å². The first-order valence-electron chi connectivity index (χ1n) is 10.2. The number of hydrogen-bond donors (Lipinski definition) is 1. The van der Waals surface area contributed by atoms with Crippen LogP contribution in [0.25, 0.3) is 0 Å². The number of halogens is 2. The van der Waals surface area contributed by atoms with Crippen LogP contribution in [0.2, 0.25) is 10.0 Å². The molecule has 1 amide bonds. The Labute approximate surface area is 208 Å². The Morgan fingerprint density at radius 1 is 1.03 bits per heavy atom. The quantitative estimate of drug-likeness (QED) is 0.322. The van der Waals surface area contributed by atoms with Crippen molar-refractivity contribution in [2.45, 2.75) is 20.4 Å². The molecule has 0 heterocycles. The van der Waals surface area contributed by atoms with Crippen LogP contribution in [0.1, 0.15) is 38.8 Å². The van der Waals surface area contributed by atoms with Gasteiger partial charge in [-0.2, -0.15) is 0 Å². The Morgan fingerprint density at radius 2 is 1.73 bits per heavy atom. The molecule has 0 saturated carbocycles.